The molecule has 23 heavy (non-hydrogen) atoms. The maximum atomic E-state index is 14.1. The highest BCUT2D eigenvalue weighted by molar-refractivity contribution is 5.44. The number of phenols is 2. The molecule has 0 aliphatic carbocycles. The summed E-state index contributed by atoms with van der Waals surface area (Å²) in [7, 11) is 0. The van der Waals surface area contributed by atoms with Gasteiger partial charge in [-0.3, -0.25) is 0 Å². The molecule has 0 unspecified atom stereocenters. The molecule has 0 bridgehead atoms. The molecule has 2 aromatic rings. The zero-order valence-electron chi connectivity index (χ0n) is 12.0. The maximum absolute atomic E-state index is 14.1. The van der Waals surface area contributed by atoms with Gasteiger partial charge in [-0.15, -0.1) is 6.58 Å². The van der Waals surface area contributed by atoms with Gasteiger partial charge in [-0.05, 0) is 30.0 Å². The lowest BCUT2D eigenvalue weighted by Crippen LogP contribution is -2.02. The van der Waals surface area contributed by atoms with Crippen LogP contribution in [-0.4, -0.2) is 10.2 Å². The standard InChI is InChI=1S/C17H14F4O2/c1-2-3-4-9-5-6-10(14(19)13(9)18)7-11-8-12(22)15(20)16(21)17(11)23/h2,5-6,8,22-23H,1,3-4,7H2. The molecular weight excluding hydrogens is 312 g/mol. The summed E-state index contributed by atoms with van der Waals surface area (Å²) in [5, 5.41) is 18.8. The number of aryl methyl sites for hydroxylation is 1. The lowest BCUT2D eigenvalue weighted by Gasteiger charge is -2.11. The fourth-order valence-electron chi connectivity index (χ4n) is 2.21. The van der Waals surface area contributed by atoms with Gasteiger partial charge in [0.15, 0.2) is 23.1 Å². The van der Waals surface area contributed by atoms with Gasteiger partial charge in [-0.2, -0.15) is 8.78 Å². The molecule has 0 radical (unpaired) electrons. The molecule has 0 aromatic heterocycles. The van der Waals surface area contributed by atoms with E-state index in [1.165, 1.54) is 12.1 Å². The van der Waals surface area contributed by atoms with Crippen molar-refractivity contribution in [2.45, 2.75) is 19.3 Å². The first-order valence-corrected chi connectivity index (χ1v) is 6.82. The lowest BCUT2D eigenvalue weighted by molar-refractivity contribution is 0.370. The quantitative estimate of drug-likeness (QED) is 0.487. The molecule has 2 nitrogen and oxygen atoms in total. The van der Waals surface area contributed by atoms with E-state index in [4.69, 9.17) is 0 Å². The average Bonchev–Trinajstić information content (AvgIpc) is 2.54. The summed E-state index contributed by atoms with van der Waals surface area (Å²) >= 11 is 0. The van der Waals surface area contributed by atoms with Crippen LogP contribution >= 0.6 is 0 Å². The van der Waals surface area contributed by atoms with Crippen molar-refractivity contribution >= 4 is 0 Å². The number of phenolic OH excluding ortho intramolecular Hbond substituents is 2. The largest absolute Gasteiger partial charge is 0.505 e. The maximum Gasteiger partial charge on any atom is 0.204 e. The molecule has 6 heteroatoms. The van der Waals surface area contributed by atoms with E-state index < -0.39 is 41.2 Å². The average molecular weight is 326 g/mol. The molecule has 0 saturated carbocycles. The first kappa shape index (κ1) is 16.9. The normalized spacial score (nSPS) is 10.8. The van der Waals surface area contributed by atoms with Crippen LogP contribution in [0.3, 0.4) is 0 Å². The van der Waals surface area contributed by atoms with E-state index in [0.29, 0.717) is 6.42 Å². The molecule has 122 valence electrons. The summed E-state index contributed by atoms with van der Waals surface area (Å²) in [4.78, 5) is 0. The Kier molecular flexibility index (Phi) is 4.93. The highest BCUT2D eigenvalue weighted by atomic mass is 19.2. The Morgan fingerprint density at radius 3 is 2.13 bits per heavy atom. The van der Waals surface area contributed by atoms with Gasteiger partial charge >= 0.3 is 0 Å². The molecule has 0 aliphatic heterocycles. The van der Waals surface area contributed by atoms with Crippen LogP contribution in [0.1, 0.15) is 23.1 Å². The Bertz CT molecular complexity index is 757. The van der Waals surface area contributed by atoms with Crippen LogP contribution in [0.2, 0.25) is 0 Å². The number of benzene rings is 2. The van der Waals surface area contributed by atoms with Crippen molar-refractivity contribution in [1.29, 1.82) is 0 Å². The minimum atomic E-state index is -1.64. The molecule has 2 N–H and O–H groups in total. The molecule has 0 aliphatic rings. The minimum Gasteiger partial charge on any atom is -0.505 e. The van der Waals surface area contributed by atoms with E-state index in [9.17, 15) is 27.8 Å². The summed E-state index contributed by atoms with van der Waals surface area (Å²) in [6, 6.07) is 3.46. The van der Waals surface area contributed by atoms with Crippen molar-refractivity contribution in [1.82, 2.24) is 0 Å². The molecule has 0 heterocycles. The second-order valence-electron chi connectivity index (χ2n) is 5.05. The van der Waals surface area contributed by atoms with Gasteiger partial charge in [0, 0.05) is 12.0 Å². The van der Waals surface area contributed by atoms with Gasteiger partial charge < -0.3 is 10.2 Å². The van der Waals surface area contributed by atoms with Crippen LogP contribution in [-0.2, 0) is 12.8 Å². The fourth-order valence-corrected chi connectivity index (χ4v) is 2.21. The van der Waals surface area contributed by atoms with E-state index in [1.807, 2.05) is 0 Å². The van der Waals surface area contributed by atoms with Gasteiger partial charge in [0.2, 0.25) is 11.6 Å². The third kappa shape index (κ3) is 3.31. The number of hydrogen-bond acceptors (Lipinski definition) is 2. The lowest BCUT2D eigenvalue weighted by atomic mass is 9.99. The molecule has 0 atom stereocenters. The van der Waals surface area contributed by atoms with E-state index >= 15 is 0 Å². The molecule has 0 amide bonds. The topological polar surface area (TPSA) is 40.5 Å². The zero-order chi connectivity index (χ0) is 17.1. The Hall–Kier alpha value is -2.50. The van der Waals surface area contributed by atoms with Crippen LogP contribution in [0.4, 0.5) is 17.6 Å². The summed E-state index contributed by atoms with van der Waals surface area (Å²) in [5.74, 6) is -7.46. The van der Waals surface area contributed by atoms with E-state index in [1.54, 1.807) is 6.08 Å². The van der Waals surface area contributed by atoms with E-state index in [0.717, 1.165) is 6.07 Å². The van der Waals surface area contributed by atoms with Gasteiger partial charge in [0.05, 0.1) is 0 Å². The molecule has 0 spiro atoms. The molecule has 0 fully saturated rings. The number of allylic oxidation sites excluding steroid dienone is 1. The SMILES string of the molecule is C=CCCc1ccc(Cc2cc(O)c(F)c(F)c2O)c(F)c1F. The van der Waals surface area contributed by atoms with Crippen LogP contribution in [0.25, 0.3) is 0 Å². The predicted octanol–water partition coefficient (Wildman–Crippen LogP) is 4.36. The number of halogens is 4. The van der Waals surface area contributed by atoms with Gasteiger partial charge in [0.25, 0.3) is 0 Å². The van der Waals surface area contributed by atoms with Crippen LogP contribution < -0.4 is 0 Å². The van der Waals surface area contributed by atoms with Crippen LogP contribution in [0.15, 0.2) is 30.9 Å². The van der Waals surface area contributed by atoms with Crippen molar-refractivity contribution in [2.24, 2.45) is 0 Å². The predicted molar refractivity (Wildman–Crippen MR) is 77.4 cm³/mol. The van der Waals surface area contributed by atoms with Gasteiger partial charge in [-0.1, -0.05) is 18.2 Å². The number of hydrogen-bond donors (Lipinski definition) is 2. The third-order valence-corrected chi connectivity index (χ3v) is 3.48. The smallest absolute Gasteiger partial charge is 0.204 e. The summed E-state index contributed by atoms with van der Waals surface area (Å²) < 4.78 is 54.5. The minimum absolute atomic E-state index is 0.148. The monoisotopic (exact) mass is 326 g/mol. The Labute approximate surface area is 130 Å². The number of rotatable bonds is 5. The molecular formula is C17H14F4O2. The summed E-state index contributed by atoms with van der Waals surface area (Å²) in [5.41, 5.74) is -0.229. The van der Waals surface area contributed by atoms with Crippen molar-refractivity contribution in [2.75, 3.05) is 0 Å². The third-order valence-electron chi connectivity index (χ3n) is 3.48. The van der Waals surface area contributed by atoms with Crippen molar-refractivity contribution in [3.05, 3.63) is 70.8 Å². The van der Waals surface area contributed by atoms with Gasteiger partial charge in [-0.25, -0.2) is 8.78 Å². The Balaban J connectivity index is 2.38. The van der Waals surface area contributed by atoms with Crippen molar-refractivity contribution < 1.29 is 27.8 Å². The summed E-state index contributed by atoms with van der Waals surface area (Å²) in [6.07, 6.45) is 1.94. The molecule has 2 rings (SSSR count). The van der Waals surface area contributed by atoms with Crippen LogP contribution in [0, 0.1) is 23.3 Å². The second kappa shape index (κ2) is 6.73. The highest BCUT2D eigenvalue weighted by Gasteiger charge is 2.20. The first-order chi connectivity index (χ1) is 10.9. The molecule has 0 saturated heterocycles. The second-order valence-corrected chi connectivity index (χ2v) is 5.05. The van der Waals surface area contributed by atoms with Crippen molar-refractivity contribution in [3.63, 3.8) is 0 Å². The first-order valence-electron chi connectivity index (χ1n) is 6.82. The Morgan fingerprint density at radius 1 is 0.870 bits per heavy atom. The van der Waals surface area contributed by atoms with Crippen LogP contribution in [0.5, 0.6) is 11.5 Å². The molecule has 2 aromatic carbocycles. The summed E-state index contributed by atoms with van der Waals surface area (Å²) in [6.45, 7) is 3.50. The van der Waals surface area contributed by atoms with E-state index in [2.05, 4.69) is 6.58 Å². The van der Waals surface area contributed by atoms with E-state index in [-0.39, 0.29) is 23.1 Å². The zero-order valence-corrected chi connectivity index (χ0v) is 12.0. The fraction of sp³-hybridized carbons (Fsp3) is 0.176. The number of aromatic hydroxyl groups is 2. The van der Waals surface area contributed by atoms with Gasteiger partial charge in [0.1, 0.15) is 0 Å². The van der Waals surface area contributed by atoms with Crippen molar-refractivity contribution in [3.8, 4) is 11.5 Å². The highest BCUT2D eigenvalue weighted by Crippen LogP contribution is 2.32. The Morgan fingerprint density at radius 2 is 1.48 bits per heavy atom.